The van der Waals surface area contributed by atoms with Crippen molar-refractivity contribution in [3.05, 3.63) is 17.7 Å². The van der Waals surface area contributed by atoms with Crippen molar-refractivity contribution in [2.75, 3.05) is 0 Å². The van der Waals surface area contributed by atoms with Gasteiger partial charge < -0.3 is 9.67 Å². The van der Waals surface area contributed by atoms with Gasteiger partial charge in [0.15, 0.2) is 0 Å². The molecule has 1 aromatic heterocycles. The molecule has 1 aliphatic carbocycles. The molecular formula is C10H13ClN2O2. The lowest BCUT2D eigenvalue weighted by atomic mass is 10.00. The van der Waals surface area contributed by atoms with Gasteiger partial charge in [-0.25, -0.2) is 4.98 Å². The SMILES string of the molecule is O=C(O)CC1CCCC1n1ccnc1Cl. The number of rotatable bonds is 3. The number of nitrogens with zero attached hydrogens (tertiary/aromatic N) is 2. The van der Waals surface area contributed by atoms with Gasteiger partial charge in [0.1, 0.15) is 0 Å². The zero-order valence-corrected chi connectivity index (χ0v) is 9.02. The Morgan fingerprint density at radius 3 is 3.07 bits per heavy atom. The Labute approximate surface area is 92.9 Å². The summed E-state index contributed by atoms with van der Waals surface area (Å²) in [6, 6.07) is 0.205. The van der Waals surface area contributed by atoms with Gasteiger partial charge in [-0.1, -0.05) is 6.42 Å². The molecule has 1 fully saturated rings. The maximum Gasteiger partial charge on any atom is 0.303 e. The molecule has 0 amide bonds. The zero-order chi connectivity index (χ0) is 10.8. The van der Waals surface area contributed by atoms with Crippen molar-refractivity contribution in [2.24, 2.45) is 5.92 Å². The van der Waals surface area contributed by atoms with Crippen molar-refractivity contribution in [2.45, 2.75) is 31.7 Å². The first-order valence-electron chi connectivity index (χ1n) is 5.08. The molecule has 1 heterocycles. The van der Waals surface area contributed by atoms with E-state index >= 15 is 0 Å². The number of carboxylic acid groups (broad SMARTS) is 1. The maximum absolute atomic E-state index is 10.7. The minimum absolute atomic E-state index is 0.189. The van der Waals surface area contributed by atoms with E-state index in [1.165, 1.54) is 0 Å². The molecule has 1 N–H and O–H groups in total. The molecule has 15 heavy (non-hydrogen) atoms. The molecule has 1 saturated carbocycles. The Morgan fingerprint density at radius 1 is 1.67 bits per heavy atom. The van der Waals surface area contributed by atoms with Crippen LogP contribution in [0.5, 0.6) is 0 Å². The third-order valence-electron chi connectivity index (χ3n) is 3.03. The van der Waals surface area contributed by atoms with Crippen LogP contribution in [0.1, 0.15) is 31.7 Å². The molecule has 2 atom stereocenters. The molecule has 1 aromatic rings. The molecule has 5 heteroatoms. The van der Waals surface area contributed by atoms with Gasteiger partial charge >= 0.3 is 5.97 Å². The fraction of sp³-hybridized carbons (Fsp3) is 0.600. The van der Waals surface area contributed by atoms with Gasteiger partial charge in [-0.15, -0.1) is 0 Å². The van der Waals surface area contributed by atoms with E-state index in [-0.39, 0.29) is 18.4 Å². The quantitative estimate of drug-likeness (QED) is 0.864. The van der Waals surface area contributed by atoms with Crippen LogP contribution in [0.3, 0.4) is 0 Å². The summed E-state index contributed by atoms with van der Waals surface area (Å²) in [4.78, 5) is 14.7. The van der Waals surface area contributed by atoms with Crippen LogP contribution in [-0.4, -0.2) is 20.6 Å². The lowest BCUT2D eigenvalue weighted by Gasteiger charge is -2.19. The molecule has 82 valence electrons. The first-order valence-corrected chi connectivity index (χ1v) is 5.46. The van der Waals surface area contributed by atoms with E-state index in [1.54, 1.807) is 6.20 Å². The van der Waals surface area contributed by atoms with Gasteiger partial charge in [0.05, 0.1) is 6.42 Å². The van der Waals surface area contributed by atoms with Crippen molar-refractivity contribution >= 4 is 17.6 Å². The minimum atomic E-state index is -0.733. The highest BCUT2D eigenvalue weighted by atomic mass is 35.5. The van der Waals surface area contributed by atoms with E-state index in [0.717, 1.165) is 19.3 Å². The van der Waals surface area contributed by atoms with E-state index in [9.17, 15) is 4.79 Å². The third kappa shape index (κ3) is 2.15. The van der Waals surface area contributed by atoms with Gasteiger partial charge in [-0.2, -0.15) is 0 Å². The monoisotopic (exact) mass is 228 g/mol. The van der Waals surface area contributed by atoms with Crippen LogP contribution in [0.25, 0.3) is 0 Å². The molecule has 4 nitrogen and oxygen atoms in total. The van der Waals surface area contributed by atoms with E-state index in [2.05, 4.69) is 4.98 Å². The summed E-state index contributed by atoms with van der Waals surface area (Å²) in [7, 11) is 0. The smallest absolute Gasteiger partial charge is 0.303 e. The van der Waals surface area contributed by atoms with Gasteiger partial charge in [0.2, 0.25) is 5.28 Å². The lowest BCUT2D eigenvalue weighted by molar-refractivity contribution is -0.138. The van der Waals surface area contributed by atoms with Crippen molar-refractivity contribution in [3.63, 3.8) is 0 Å². The summed E-state index contributed by atoms with van der Waals surface area (Å²) < 4.78 is 1.89. The second-order valence-corrected chi connectivity index (χ2v) is 4.30. The van der Waals surface area contributed by atoms with E-state index in [0.29, 0.717) is 5.28 Å². The Hall–Kier alpha value is -1.03. The molecular weight excluding hydrogens is 216 g/mol. The number of carboxylic acids is 1. The van der Waals surface area contributed by atoms with E-state index in [1.807, 2.05) is 10.8 Å². The summed E-state index contributed by atoms with van der Waals surface area (Å²) in [5, 5.41) is 9.26. The fourth-order valence-corrected chi connectivity index (χ4v) is 2.63. The molecule has 0 aliphatic heterocycles. The number of carbonyl (C=O) groups is 1. The summed E-state index contributed by atoms with van der Waals surface area (Å²) in [6.45, 7) is 0. The van der Waals surface area contributed by atoms with Crippen LogP contribution in [0.4, 0.5) is 0 Å². The molecule has 1 aliphatic rings. The third-order valence-corrected chi connectivity index (χ3v) is 3.33. The number of hydrogen-bond donors (Lipinski definition) is 1. The molecule has 0 aromatic carbocycles. The summed E-state index contributed by atoms with van der Waals surface area (Å²) in [5.74, 6) is -0.544. The highest BCUT2D eigenvalue weighted by Crippen LogP contribution is 2.39. The predicted octanol–water partition coefficient (Wildman–Crippen LogP) is 2.35. The van der Waals surface area contributed by atoms with Crippen LogP contribution in [-0.2, 0) is 4.79 Å². The highest BCUT2D eigenvalue weighted by molar-refractivity contribution is 6.28. The van der Waals surface area contributed by atoms with Gasteiger partial charge in [-0.3, -0.25) is 4.79 Å². The van der Waals surface area contributed by atoms with Crippen LogP contribution in [0.15, 0.2) is 12.4 Å². The number of aliphatic carboxylic acids is 1. The first kappa shape index (κ1) is 10.5. The molecule has 2 unspecified atom stereocenters. The number of halogens is 1. The van der Waals surface area contributed by atoms with Crippen molar-refractivity contribution in [1.82, 2.24) is 9.55 Å². The van der Waals surface area contributed by atoms with Gasteiger partial charge in [-0.05, 0) is 30.4 Å². The number of hydrogen-bond acceptors (Lipinski definition) is 2. The zero-order valence-electron chi connectivity index (χ0n) is 8.27. The van der Waals surface area contributed by atoms with Crippen molar-refractivity contribution < 1.29 is 9.90 Å². The van der Waals surface area contributed by atoms with Crippen molar-refractivity contribution in [1.29, 1.82) is 0 Å². The minimum Gasteiger partial charge on any atom is -0.481 e. The standard InChI is InChI=1S/C10H13ClN2O2/c11-10-12-4-5-13(10)8-3-1-2-7(8)6-9(14)15/h4-5,7-8H,1-3,6H2,(H,14,15). The van der Waals surface area contributed by atoms with Crippen LogP contribution in [0, 0.1) is 5.92 Å². The first-order chi connectivity index (χ1) is 7.18. The Bertz CT molecular complexity index is 364. The Morgan fingerprint density at radius 2 is 2.47 bits per heavy atom. The maximum atomic E-state index is 10.7. The van der Waals surface area contributed by atoms with Crippen LogP contribution < -0.4 is 0 Å². The average Bonchev–Trinajstić information content (AvgIpc) is 2.73. The molecule has 0 saturated heterocycles. The van der Waals surface area contributed by atoms with Crippen LogP contribution in [0.2, 0.25) is 5.28 Å². The summed E-state index contributed by atoms with van der Waals surface area (Å²) >= 11 is 5.93. The second-order valence-electron chi connectivity index (χ2n) is 3.96. The topological polar surface area (TPSA) is 55.1 Å². The summed E-state index contributed by atoms with van der Waals surface area (Å²) in [6.07, 6.45) is 6.72. The number of imidazole rings is 1. The van der Waals surface area contributed by atoms with Gasteiger partial charge in [0, 0.05) is 18.4 Å². The van der Waals surface area contributed by atoms with Gasteiger partial charge in [0.25, 0.3) is 0 Å². The van der Waals surface area contributed by atoms with E-state index in [4.69, 9.17) is 16.7 Å². The molecule has 0 radical (unpaired) electrons. The fourth-order valence-electron chi connectivity index (χ4n) is 2.39. The largest absolute Gasteiger partial charge is 0.481 e. The average molecular weight is 229 g/mol. The lowest BCUT2D eigenvalue weighted by Crippen LogP contribution is -2.16. The highest BCUT2D eigenvalue weighted by Gasteiger charge is 2.31. The van der Waals surface area contributed by atoms with Crippen LogP contribution >= 0.6 is 11.6 Å². The number of aromatic nitrogens is 2. The molecule has 0 bridgehead atoms. The summed E-state index contributed by atoms with van der Waals surface area (Å²) in [5.41, 5.74) is 0. The predicted molar refractivity (Wildman–Crippen MR) is 55.9 cm³/mol. The normalized spacial score (nSPS) is 25.7. The van der Waals surface area contributed by atoms with Crippen molar-refractivity contribution in [3.8, 4) is 0 Å². The molecule has 0 spiro atoms. The Balaban J connectivity index is 2.14. The second kappa shape index (κ2) is 4.23. The van der Waals surface area contributed by atoms with E-state index < -0.39 is 5.97 Å². The Kier molecular flexibility index (Phi) is 2.95. The molecule has 2 rings (SSSR count).